The maximum Gasteiger partial charge on any atom is 0.262 e. The molecule has 3 aromatic heterocycles. The average Bonchev–Trinajstić information content (AvgIpc) is 3.37. The molecular formula is C19H15BrN8O. The Kier molecular flexibility index (Phi) is 4.20. The number of rotatable bonds is 4. The van der Waals surface area contributed by atoms with Crippen LogP contribution in [0.3, 0.4) is 0 Å². The molecule has 0 atom stereocenters. The van der Waals surface area contributed by atoms with Crippen molar-refractivity contribution in [3.63, 3.8) is 0 Å². The molecule has 5 aromatic rings. The molecular weight excluding hydrogens is 436 g/mol. The highest BCUT2D eigenvalue weighted by atomic mass is 79.9. The number of para-hydroxylation sites is 1. The molecule has 5 rings (SSSR count). The standard InChI is InChI=1S/C19H15BrN8O/c1-2-26-18(29)14-5-3-4-6-15(14)28-16(21-23-19(26)28)11-27-24-17(22-25-27)12-7-9-13(20)10-8-12/h3-10H,2,11H2,1H3. The molecule has 3 heterocycles. The summed E-state index contributed by atoms with van der Waals surface area (Å²) in [6, 6.07) is 15.1. The Morgan fingerprint density at radius 3 is 2.59 bits per heavy atom. The predicted molar refractivity (Wildman–Crippen MR) is 110 cm³/mol. The summed E-state index contributed by atoms with van der Waals surface area (Å²) in [6.45, 7) is 2.69. The average molecular weight is 451 g/mol. The zero-order valence-corrected chi connectivity index (χ0v) is 17.0. The Balaban J connectivity index is 1.61. The molecule has 0 radical (unpaired) electrons. The zero-order chi connectivity index (χ0) is 20.0. The summed E-state index contributed by atoms with van der Waals surface area (Å²) < 4.78 is 4.47. The highest BCUT2D eigenvalue weighted by Gasteiger charge is 2.17. The summed E-state index contributed by atoms with van der Waals surface area (Å²) in [6.07, 6.45) is 0. The van der Waals surface area contributed by atoms with Crippen molar-refractivity contribution in [1.82, 2.24) is 39.4 Å². The monoisotopic (exact) mass is 450 g/mol. The Labute approximate surface area is 172 Å². The Hall–Kier alpha value is -3.40. The maximum absolute atomic E-state index is 12.8. The number of nitrogens with zero attached hydrogens (tertiary/aromatic N) is 8. The van der Waals surface area contributed by atoms with Crippen molar-refractivity contribution in [2.75, 3.05) is 0 Å². The fourth-order valence-electron chi connectivity index (χ4n) is 3.35. The molecule has 0 aliphatic heterocycles. The highest BCUT2D eigenvalue weighted by Crippen LogP contribution is 2.18. The third-order valence-corrected chi connectivity index (χ3v) is 5.26. The summed E-state index contributed by atoms with van der Waals surface area (Å²) in [5, 5.41) is 21.9. The van der Waals surface area contributed by atoms with Crippen LogP contribution in [0.5, 0.6) is 0 Å². The molecule has 0 bridgehead atoms. The number of hydrogen-bond donors (Lipinski definition) is 0. The lowest BCUT2D eigenvalue weighted by Crippen LogP contribution is -2.23. The minimum atomic E-state index is -0.0778. The number of tetrazole rings is 1. The lowest BCUT2D eigenvalue weighted by atomic mass is 10.2. The van der Waals surface area contributed by atoms with Gasteiger partial charge in [0, 0.05) is 16.6 Å². The van der Waals surface area contributed by atoms with E-state index in [9.17, 15) is 4.79 Å². The van der Waals surface area contributed by atoms with Gasteiger partial charge in [0.1, 0.15) is 6.54 Å². The van der Waals surface area contributed by atoms with Crippen LogP contribution in [0.4, 0.5) is 0 Å². The van der Waals surface area contributed by atoms with E-state index in [2.05, 4.69) is 41.5 Å². The third kappa shape index (κ3) is 2.92. The molecule has 0 N–H and O–H groups in total. The lowest BCUT2D eigenvalue weighted by Gasteiger charge is -2.09. The molecule has 0 spiro atoms. The Morgan fingerprint density at radius 1 is 1.00 bits per heavy atom. The van der Waals surface area contributed by atoms with E-state index in [1.54, 1.807) is 4.57 Å². The summed E-state index contributed by atoms with van der Waals surface area (Å²) in [7, 11) is 0. The Morgan fingerprint density at radius 2 is 1.79 bits per heavy atom. The van der Waals surface area contributed by atoms with E-state index in [1.165, 1.54) is 4.80 Å². The molecule has 144 valence electrons. The van der Waals surface area contributed by atoms with Crippen LogP contribution >= 0.6 is 15.9 Å². The van der Waals surface area contributed by atoms with Crippen molar-refractivity contribution in [3.05, 3.63) is 69.2 Å². The first-order valence-corrected chi connectivity index (χ1v) is 9.84. The van der Waals surface area contributed by atoms with E-state index in [1.807, 2.05) is 59.9 Å². The molecule has 0 amide bonds. The van der Waals surface area contributed by atoms with Gasteiger partial charge in [-0.15, -0.1) is 20.4 Å². The van der Waals surface area contributed by atoms with E-state index in [-0.39, 0.29) is 12.1 Å². The summed E-state index contributed by atoms with van der Waals surface area (Å²) >= 11 is 3.42. The zero-order valence-electron chi connectivity index (χ0n) is 15.4. The van der Waals surface area contributed by atoms with Gasteiger partial charge in [-0.25, -0.2) is 0 Å². The molecule has 0 aliphatic carbocycles. The van der Waals surface area contributed by atoms with Gasteiger partial charge in [-0.2, -0.15) is 4.80 Å². The molecule has 0 unspecified atom stereocenters. The number of aromatic nitrogens is 8. The van der Waals surface area contributed by atoms with E-state index in [0.717, 1.165) is 15.6 Å². The summed E-state index contributed by atoms with van der Waals surface area (Å²) in [4.78, 5) is 14.2. The van der Waals surface area contributed by atoms with Gasteiger partial charge in [-0.3, -0.25) is 13.8 Å². The molecule has 29 heavy (non-hydrogen) atoms. The van der Waals surface area contributed by atoms with Gasteiger partial charge >= 0.3 is 0 Å². The maximum atomic E-state index is 12.8. The first-order chi connectivity index (χ1) is 14.2. The number of hydrogen-bond acceptors (Lipinski definition) is 6. The van der Waals surface area contributed by atoms with Crippen LogP contribution in [0.2, 0.25) is 0 Å². The smallest absolute Gasteiger partial charge is 0.262 e. The van der Waals surface area contributed by atoms with Crippen molar-refractivity contribution in [3.8, 4) is 11.4 Å². The second-order valence-corrected chi connectivity index (χ2v) is 7.38. The van der Waals surface area contributed by atoms with Crippen LogP contribution in [0.1, 0.15) is 12.7 Å². The van der Waals surface area contributed by atoms with Gasteiger partial charge in [-0.1, -0.05) is 28.1 Å². The molecule has 0 aliphatic rings. The van der Waals surface area contributed by atoms with Crippen molar-refractivity contribution >= 4 is 32.6 Å². The van der Waals surface area contributed by atoms with Crippen molar-refractivity contribution in [1.29, 1.82) is 0 Å². The minimum Gasteiger partial charge on any atom is -0.277 e. The van der Waals surface area contributed by atoms with E-state index in [0.29, 0.717) is 29.4 Å². The molecule has 2 aromatic carbocycles. The van der Waals surface area contributed by atoms with Gasteiger partial charge in [0.15, 0.2) is 5.82 Å². The molecule has 10 heteroatoms. The van der Waals surface area contributed by atoms with Gasteiger partial charge < -0.3 is 0 Å². The summed E-state index contributed by atoms with van der Waals surface area (Å²) in [5.74, 6) is 1.65. The predicted octanol–water partition coefficient (Wildman–Crippen LogP) is 2.53. The topological polar surface area (TPSA) is 95.8 Å². The van der Waals surface area contributed by atoms with Crippen molar-refractivity contribution in [2.45, 2.75) is 20.0 Å². The number of benzene rings is 2. The molecule has 0 fully saturated rings. The van der Waals surface area contributed by atoms with Gasteiger partial charge in [0.2, 0.25) is 11.6 Å². The minimum absolute atomic E-state index is 0.0778. The quantitative estimate of drug-likeness (QED) is 0.417. The first kappa shape index (κ1) is 17.7. The molecule has 0 saturated carbocycles. The van der Waals surface area contributed by atoms with Crippen LogP contribution in [-0.2, 0) is 13.1 Å². The van der Waals surface area contributed by atoms with Crippen LogP contribution in [0, 0.1) is 0 Å². The fourth-order valence-corrected chi connectivity index (χ4v) is 3.62. The van der Waals surface area contributed by atoms with E-state index in [4.69, 9.17) is 0 Å². The van der Waals surface area contributed by atoms with E-state index >= 15 is 0 Å². The molecule has 9 nitrogen and oxygen atoms in total. The second-order valence-electron chi connectivity index (χ2n) is 6.47. The highest BCUT2D eigenvalue weighted by molar-refractivity contribution is 9.10. The second kappa shape index (κ2) is 6.89. The normalized spacial score (nSPS) is 11.5. The SMILES string of the molecule is CCn1c(=O)c2ccccc2n2c(Cn3nnc(-c4ccc(Br)cc4)n3)nnc12. The first-order valence-electron chi connectivity index (χ1n) is 9.05. The number of halogens is 1. The van der Waals surface area contributed by atoms with E-state index < -0.39 is 0 Å². The summed E-state index contributed by atoms with van der Waals surface area (Å²) in [5.41, 5.74) is 1.55. The largest absolute Gasteiger partial charge is 0.277 e. The number of aryl methyl sites for hydroxylation is 1. The van der Waals surface area contributed by atoms with Crippen LogP contribution in [-0.4, -0.2) is 39.4 Å². The Bertz CT molecular complexity index is 1400. The lowest BCUT2D eigenvalue weighted by molar-refractivity contribution is 0.552. The van der Waals surface area contributed by atoms with Crippen LogP contribution in [0.15, 0.2) is 57.8 Å². The van der Waals surface area contributed by atoms with Gasteiger partial charge in [0.25, 0.3) is 5.56 Å². The van der Waals surface area contributed by atoms with Crippen molar-refractivity contribution in [2.24, 2.45) is 0 Å². The van der Waals surface area contributed by atoms with Crippen LogP contribution < -0.4 is 5.56 Å². The van der Waals surface area contributed by atoms with Gasteiger partial charge in [0.05, 0.1) is 10.9 Å². The number of fused-ring (bicyclic) bond motifs is 3. The fraction of sp³-hybridized carbons (Fsp3) is 0.158. The molecule has 0 saturated heterocycles. The van der Waals surface area contributed by atoms with Gasteiger partial charge in [-0.05, 0) is 48.5 Å². The van der Waals surface area contributed by atoms with Crippen LogP contribution in [0.25, 0.3) is 28.1 Å². The third-order valence-electron chi connectivity index (χ3n) is 4.73. The van der Waals surface area contributed by atoms with Crippen molar-refractivity contribution < 1.29 is 0 Å².